The number of aryl methyl sites for hydroxylation is 2. The Balaban J connectivity index is 2.89. The third-order valence-electron chi connectivity index (χ3n) is 2.32. The Bertz CT molecular complexity index is 388. The number of nitrogens with one attached hydrogen (secondary N) is 1. The average molecular weight is 223 g/mol. The highest BCUT2D eigenvalue weighted by Gasteiger charge is 2.08. The lowest BCUT2D eigenvalue weighted by Gasteiger charge is -2.13. The van der Waals surface area contributed by atoms with Gasteiger partial charge in [0, 0.05) is 12.1 Å². The van der Waals surface area contributed by atoms with E-state index in [0.29, 0.717) is 6.54 Å². The van der Waals surface area contributed by atoms with E-state index in [1.54, 1.807) is 7.11 Å². The molecule has 0 spiro atoms. The molecule has 1 aromatic rings. The van der Waals surface area contributed by atoms with Crippen LogP contribution in [-0.2, 0) is 11.3 Å². The molecule has 0 bridgehead atoms. The maximum Gasteiger partial charge on any atom is 0.245 e. The van der Waals surface area contributed by atoms with Crippen LogP contribution in [0.2, 0.25) is 0 Å². The van der Waals surface area contributed by atoms with Gasteiger partial charge in [0.2, 0.25) is 5.91 Å². The number of benzene rings is 1. The molecule has 88 valence electrons. The molecule has 2 N–H and O–H groups in total. The number of hydrogen-bond acceptors (Lipinski definition) is 3. The summed E-state index contributed by atoms with van der Waals surface area (Å²) in [5.41, 5.74) is 3.07. The summed E-state index contributed by atoms with van der Waals surface area (Å²) < 4.78 is 5.28. The number of rotatable bonds is 4. The summed E-state index contributed by atoms with van der Waals surface area (Å²) in [6.45, 7) is 3.82. The molecule has 0 saturated heterocycles. The highest BCUT2D eigenvalue weighted by atomic mass is 16.5. The van der Waals surface area contributed by atoms with Crippen LogP contribution >= 0.6 is 0 Å². The molecule has 0 aliphatic rings. The van der Waals surface area contributed by atoms with Crippen LogP contribution < -0.4 is 10.1 Å². The molecule has 0 atom stereocenters. The lowest BCUT2D eigenvalue weighted by Crippen LogP contribution is -2.25. The number of carbonyl (C=O) groups excluding carboxylic acids is 1. The lowest BCUT2D eigenvalue weighted by molar-refractivity contribution is -0.123. The first kappa shape index (κ1) is 12.5. The monoisotopic (exact) mass is 223 g/mol. The topological polar surface area (TPSA) is 58.6 Å². The second kappa shape index (κ2) is 5.51. The molecular formula is C12H17NO3. The van der Waals surface area contributed by atoms with Gasteiger partial charge >= 0.3 is 0 Å². The molecular weight excluding hydrogens is 206 g/mol. The number of hydrogen-bond donors (Lipinski definition) is 2. The largest absolute Gasteiger partial charge is 0.496 e. The van der Waals surface area contributed by atoms with Gasteiger partial charge < -0.3 is 15.2 Å². The van der Waals surface area contributed by atoms with E-state index in [0.717, 1.165) is 22.4 Å². The number of carbonyl (C=O) groups is 1. The second-order valence-corrected chi connectivity index (χ2v) is 3.71. The van der Waals surface area contributed by atoms with Crippen molar-refractivity contribution >= 4 is 5.91 Å². The van der Waals surface area contributed by atoms with Crippen molar-refractivity contribution in [2.75, 3.05) is 13.7 Å². The summed E-state index contributed by atoms with van der Waals surface area (Å²) in [5.74, 6) is 0.394. The molecule has 0 aliphatic heterocycles. The minimum Gasteiger partial charge on any atom is -0.496 e. The standard InChI is InChI=1S/C12H17NO3/c1-8-4-9(2)12(16-3)10(5-8)6-13-11(15)7-14/h4-5,14H,6-7H2,1-3H3,(H,13,15). The SMILES string of the molecule is COc1c(C)cc(C)cc1CNC(=O)CO. The van der Waals surface area contributed by atoms with E-state index in [-0.39, 0.29) is 5.91 Å². The van der Waals surface area contributed by atoms with Gasteiger partial charge in [-0.05, 0) is 19.4 Å². The van der Waals surface area contributed by atoms with E-state index in [1.165, 1.54) is 0 Å². The summed E-state index contributed by atoms with van der Waals surface area (Å²) in [5, 5.41) is 11.2. The number of ether oxygens (including phenoxy) is 1. The molecule has 0 aliphatic carbocycles. The third-order valence-corrected chi connectivity index (χ3v) is 2.32. The fourth-order valence-electron chi connectivity index (χ4n) is 1.72. The van der Waals surface area contributed by atoms with Gasteiger partial charge in [0.05, 0.1) is 7.11 Å². The normalized spacial score (nSPS) is 10.0. The highest BCUT2D eigenvalue weighted by molar-refractivity contribution is 5.76. The molecule has 4 nitrogen and oxygen atoms in total. The fourth-order valence-corrected chi connectivity index (χ4v) is 1.72. The fraction of sp³-hybridized carbons (Fsp3) is 0.417. The van der Waals surface area contributed by atoms with Crippen LogP contribution in [0.1, 0.15) is 16.7 Å². The van der Waals surface area contributed by atoms with E-state index in [4.69, 9.17) is 9.84 Å². The number of methoxy groups -OCH3 is 1. The van der Waals surface area contributed by atoms with Crippen LogP contribution in [0.15, 0.2) is 12.1 Å². The van der Waals surface area contributed by atoms with E-state index in [9.17, 15) is 4.79 Å². The number of aliphatic hydroxyl groups excluding tert-OH is 1. The highest BCUT2D eigenvalue weighted by Crippen LogP contribution is 2.24. The summed E-state index contributed by atoms with van der Waals surface area (Å²) in [4.78, 5) is 11.0. The Morgan fingerprint density at radius 2 is 2.12 bits per heavy atom. The van der Waals surface area contributed by atoms with E-state index in [2.05, 4.69) is 5.32 Å². The first-order valence-corrected chi connectivity index (χ1v) is 5.10. The van der Waals surface area contributed by atoms with Crippen molar-refractivity contribution in [3.63, 3.8) is 0 Å². The van der Waals surface area contributed by atoms with E-state index >= 15 is 0 Å². The van der Waals surface area contributed by atoms with Crippen LogP contribution in [0, 0.1) is 13.8 Å². The second-order valence-electron chi connectivity index (χ2n) is 3.71. The molecule has 1 rings (SSSR count). The van der Waals surface area contributed by atoms with Gasteiger partial charge in [0.15, 0.2) is 0 Å². The smallest absolute Gasteiger partial charge is 0.245 e. The Kier molecular flexibility index (Phi) is 4.31. The van der Waals surface area contributed by atoms with Gasteiger partial charge in [0.25, 0.3) is 0 Å². The zero-order valence-corrected chi connectivity index (χ0v) is 9.83. The van der Waals surface area contributed by atoms with Gasteiger partial charge in [-0.15, -0.1) is 0 Å². The molecule has 0 saturated carbocycles. The van der Waals surface area contributed by atoms with Crippen LogP contribution in [0.4, 0.5) is 0 Å². The van der Waals surface area contributed by atoms with Crippen LogP contribution in [0.25, 0.3) is 0 Å². The van der Waals surface area contributed by atoms with Gasteiger partial charge in [0.1, 0.15) is 12.4 Å². The molecule has 0 fully saturated rings. The first-order chi connectivity index (χ1) is 7.58. The predicted molar refractivity (Wildman–Crippen MR) is 61.4 cm³/mol. The van der Waals surface area contributed by atoms with Crippen molar-refractivity contribution in [1.82, 2.24) is 5.32 Å². The van der Waals surface area contributed by atoms with Gasteiger partial charge in [-0.3, -0.25) is 4.79 Å². The zero-order valence-electron chi connectivity index (χ0n) is 9.83. The summed E-state index contributed by atoms with van der Waals surface area (Å²) >= 11 is 0. The summed E-state index contributed by atoms with van der Waals surface area (Å²) in [6.07, 6.45) is 0. The Morgan fingerprint density at radius 3 is 2.69 bits per heavy atom. The Labute approximate surface area is 95.2 Å². The molecule has 1 aromatic carbocycles. The molecule has 16 heavy (non-hydrogen) atoms. The molecule has 4 heteroatoms. The summed E-state index contributed by atoms with van der Waals surface area (Å²) in [6, 6.07) is 3.99. The van der Waals surface area contributed by atoms with Crippen molar-refractivity contribution in [2.45, 2.75) is 20.4 Å². The Hall–Kier alpha value is -1.55. The van der Waals surface area contributed by atoms with Crippen molar-refractivity contribution in [3.05, 3.63) is 28.8 Å². The molecule has 1 amide bonds. The number of aliphatic hydroxyl groups is 1. The van der Waals surface area contributed by atoms with Gasteiger partial charge in [-0.1, -0.05) is 17.7 Å². The van der Waals surface area contributed by atoms with Crippen molar-refractivity contribution in [3.8, 4) is 5.75 Å². The van der Waals surface area contributed by atoms with E-state index in [1.807, 2.05) is 26.0 Å². The maximum atomic E-state index is 11.0. The molecule has 0 unspecified atom stereocenters. The Morgan fingerprint density at radius 1 is 1.44 bits per heavy atom. The van der Waals surface area contributed by atoms with Gasteiger partial charge in [-0.2, -0.15) is 0 Å². The lowest BCUT2D eigenvalue weighted by atomic mass is 10.1. The van der Waals surface area contributed by atoms with Crippen LogP contribution in [-0.4, -0.2) is 24.7 Å². The maximum absolute atomic E-state index is 11.0. The first-order valence-electron chi connectivity index (χ1n) is 5.10. The minimum absolute atomic E-state index is 0.366. The van der Waals surface area contributed by atoms with Crippen LogP contribution in [0.3, 0.4) is 0 Å². The number of amides is 1. The van der Waals surface area contributed by atoms with Crippen molar-refractivity contribution in [2.24, 2.45) is 0 Å². The minimum atomic E-state index is -0.493. The molecule has 0 heterocycles. The average Bonchev–Trinajstić information content (AvgIpc) is 2.25. The van der Waals surface area contributed by atoms with Crippen molar-refractivity contribution < 1.29 is 14.6 Å². The predicted octanol–water partition coefficient (Wildman–Crippen LogP) is 0.921. The van der Waals surface area contributed by atoms with E-state index < -0.39 is 6.61 Å². The quantitative estimate of drug-likeness (QED) is 0.798. The molecule has 0 aromatic heterocycles. The van der Waals surface area contributed by atoms with Crippen LogP contribution in [0.5, 0.6) is 5.75 Å². The molecule has 0 radical (unpaired) electrons. The van der Waals surface area contributed by atoms with Gasteiger partial charge in [-0.25, -0.2) is 0 Å². The third kappa shape index (κ3) is 2.97. The zero-order chi connectivity index (χ0) is 12.1. The van der Waals surface area contributed by atoms with Crippen molar-refractivity contribution in [1.29, 1.82) is 0 Å². The summed E-state index contributed by atoms with van der Waals surface area (Å²) in [7, 11) is 1.61.